The van der Waals surface area contributed by atoms with Crippen molar-refractivity contribution in [1.82, 2.24) is 15.1 Å². The second-order valence-electron chi connectivity index (χ2n) is 5.26. The smallest absolute Gasteiger partial charge is 0.394 e. The van der Waals surface area contributed by atoms with Crippen molar-refractivity contribution in [1.29, 1.82) is 0 Å². The molecule has 1 rings (SSSR count). The fraction of sp³-hybridized carbons (Fsp3) is 0.750. The summed E-state index contributed by atoms with van der Waals surface area (Å²) in [6.07, 6.45) is -2.09. The summed E-state index contributed by atoms with van der Waals surface area (Å²) >= 11 is 0. The fourth-order valence-corrected chi connectivity index (χ4v) is 1.89. The molecule has 7 heteroatoms. The van der Waals surface area contributed by atoms with Gasteiger partial charge in [-0.05, 0) is 13.3 Å². The summed E-state index contributed by atoms with van der Waals surface area (Å²) in [5.41, 5.74) is -1.28. The lowest BCUT2D eigenvalue weighted by Crippen LogP contribution is -2.49. The Morgan fingerprint density at radius 1 is 1.42 bits per heavy atom. The number of aryl methyl sites for hydroxylation is 1. The average molecular weight is 279 g/mol. The van der Waals surface area contributed by atoms with Crippen LogP contribution in [0.25, 0.3) is 0 Å². The Labute approximate surface area is 110 Å². The molecule has 0 radical (unpaired) electrons. The average Bonchev–Trinajstić information content (AvgIpc) is 2.74. The summed E-state index contributed by atoms with van der Waals surface area (Å²) in [5, 5.41) is 16.3. The van der Waals surface area contributed by atoms with Crippen molar-refractivity contribution in [3.8, 4) is 0 Å². The SMILES string of the molecule is CC(C)NC(C)(CO)CCn1cc(C(F)(F)F)cn1. The Hall–Kier alpha value is -1.08. The van der Waals surface area contributed by atoms with Gasteiger partial charge in [-0.15, -0.1) is 0 Å². The summed E-state index contributed by atoms with van der Waals surface area (Å²) < 4.78 is 38.5. The fourth-order valence-electron chi connectivity index (χ4n) is 1.89. The van der Waals surface area contributed by atoms with E-state index in [0.29, 0.717) is 13.0 Å². The zero-order chi connectivity index (χ0) is 14.7. The first-order valence-corrected chi connectivity index (χ1v) is 6.14. The minimum absolute atomic E-state index is 0.0847. The molecule has 0 saturated heterocycles. The van der Waals surface area contributed by atoms with Crippen LogP contribution in [0.1, 0.15) is 32.8 Å². The third kappa shape index (κ3) is 4.83. The van der Waals surface area contributed by atoms with E-state index in [9.17, 15) is 18.3 Å². The summed E-state index contributed by atoms with van der Waals surface area (Å²) in [5.74, 6) is 0. The maximum absolute atomic E-state index is 12.4. The summed E-state index contributed by atoms with van der Waals surface area (Å²) in [7, 11) is 0. The first kappa shape index (κ1) is 16.0. The second-order valence-corrected chi connectivity index (χ2v) is 5.26. The number of aromatic nitrogens is 2. The molecule has 0 saturated carbocycles. The van der Waals surface area contributed by atoms with Gasteiger partial charge in [0.25, 0.3) is 0 Å². The topological polar surface area (TPSA) is 50.1 Å². The Morgan fingerprint density at radius 3 is 2.47 bits per heavy atom. The van der Waals surface area contributed by atoms with Crippen LogP contribution in [0.4, 0.5) is 13.2 Å². The lowest BCUT2D eigenvalue weighted by Gasteiger charge is -2.31. The predicted molar refractivity (Wildman–Crippen MR) is 65.6 cm³/mol. The predicted octanol–water partition coefficient (Wildman–Crippen LogP) is 2.04. The third-order valence-corrected chi connectivity index (χ3v) is 2.84. The van der Waals surface area contributed by atoms with Gasteiger partial charge in [0.15, 0.2) is 0 Å². The van der Waals surface area contributed by atoms with Gasteiger partial charge >= 0.3 is 6.18 Å². The summed E-state index contributed by atoms with van der Waals surface area (Å²) in [6.45, 7) is 5.96. The Balaban J connectivity index is 2.63. The highest BCUT2D eigenvalue weighted by Gasteiger charge is 2.32. The second kappa shape index (κ2) is 5.92. The molecular weight excluding hydrogens is 259 g/mol. The van der Waals surface area contributed by atoms with Crippen LogP contribution in [-0.2, 0) is 12.7 Å². The van der Waals surface area contributed by atoms with Crippen molar-refractivity contribution in [2.24, 2.45) is 0 Å². The highest BCUT2D eigenvalue weighted by atomic mass is 19.4. The number of halogens is 3. The standard InChI is InChI=1S/C12H20F3N3O/c1-9(2)17-11(3,8-19)4-5-18-7-10(6-16-18)12(13,14)15/h6-7,9,17,19H,4-5,8H2,1-3H3. The highest BCUT2D eigenvalue weighted by Crippen LogP contribution is 2.28. The quantitative estimate of drug-likeness (QED) is 0.838. The zero-order valence-corrected chi connectivity index (χ0v) is 11.3. The van der Waals surface area contributed by atoms with E-state index in [1.54, 1.807) is 0 Å². The lowest BCUT2D eigenvalue weighted by molar-refractivity contribution is -0.137. The molecule has 1 unspecified atom stereocenters. The van der Waals surface area contributed by atoms with E-state index in [1.807, 2.05) is 20.8 Å². The molecule has 4 nitrogen and oxygen atoms in total. The molecule has 0 aliphatic carbocycles. The molecule has 0 fully saturated rings. The molecule has 1 aromatic rings. The van der Waals surface area contributed by atoms with Gasteiger partial charge in [-0.1, -0.05) is 13.8 Å². The minimum atomic E-state index is -4.37. The zero-order valence-electron chi connectivity index (χ0n) is 11.3. The van der Waals surface area contributed by atoms with Crippen molar-refractivity contribution in [2.45, 2.75) is 51.5 Å². The number of alkyl halides is 3. The molecule has 0 aliphatic heterocycles. The largest absolute Gasteiger partial charge is 0.419 e. The molecule has 1 atom stereocenters. The molecule has 0 spiro atoms. The number of aliphatic hydroxyl groups excluding tert-OH is 1. The molecular formula is C12H20F3N3O. The number of nitrogens with one attached hydrogen (secondary N) is 1. The van der Waals surface area contributed by atoms with Crippen LogP contribution in [0.2, 0.25) is 0 Å². The van der Waals surface area contributed by atoms with Crippen molar-refractivity contribution >= 4 is 0 Å². The number of hydrogen-bond acceptors (Lipinski definition) is 3. The lowest BCUT2D eigenvalue weighted by atomic mass is 9.98. The van der Waals surface area contributed by atoms with Crippen molar-refractivity contribution < 1.29 is 18.3 Å². The van der Waals surface area contributed by atoms with Gasteiger partial charge in [0, 0.05) is 24.3 Å². The van der Waals surface area contributed by atoms with E-state index in [0.717, 1.165) is 12.4 Å². The van der Waals surface area contributed by atoms with Gasteiger partial charge in [0.2, 0.25) is 0 Å². The summed E-state index contributed by atoms with van der Waals surface area (Å²) in [6, 6.07) is 0.181. The molecule has 2 N–H and O–H groups in total. The molecule has 0 aliphatic rings. The number of hydrogen-bond donors (Lipinski definition) is 2. The molecule has 0 bridgehead atoms. The van der Waals surface area contributed by atoms with Crippen LogP contribution in [0.15, 0.2) is 12.4 Å². The van der Waals surface area contributed by atoms with Crippen LogP contribution in [-0.4, -0.2) is 33.1 Å². The molecule has 19 heavy (non-hydrogen) atoms. The summed E-state index contributed by atoms with van der Waals surface area (Å²) in [4.78, 5) is 0. The van der Waals surface area contributed by atoms with Gasteiger partial charge in [0.1, 0.15) is 0 Å². The third-order valence-electron chi connectivity index (χ3n) is 2.84. The highest BCUT2D eigenvalue weighted by molar-refractivity contribution is 5.08. The van der Waals surface area contributed by atoms with Gasteiger partial charge in [-0.2, -0.15) is 18.3 Å². The Morgan fingerprint density at radius 2 is 2.05 bits per heavy atom. The van der Waals surface area contributed by atoms with E-state index in [1.165, 1.54) is 4.68 Å². The number of rotatable bonds is 6. The van der Waals surface area contributed by atoms with Crippen LogP contribution >= 0.6 is 0 Å². The minimum Gasteiger partial charge on any atom is -0.394 e. The molecule has 110 valence electrons. The van der Waals surface area contributed by atoms with E-state index in [-0.39, 0.29) is 12.6 Å². The molecule has 1 aromatic heterocycles. The van der Waals surface area contributed by atoms with Crippen LogP contribution < -0.4 is 5.32 Å². The first-order chi connectivity index (χ1) is 8.66. The normalized spacial score (nSPS) is 15.8. The van der Waals surface area contributed by atoms with Crippen LogP contribution in [0, 0.1) is 0 Å². The van der Waals surface area contributed by atoms with Crippen molar-refractivity contribution in [2.75, 3.05) is 6.61 Å². The van der Waals surface area contributed by atoms with Gasteiger partial charge in [0.05, 0.1) is 18.4 Å². The molecule has 0 amide bonds. The van der Waals surface area contributed by atoms with Crippen LogP contribution in [0.5, 0.6) is 0 Å². The first-order valence-electron chi connectivity index (χ1n) is 6.14. The number of aliphatic hydroxyl groups is 1. The van der Waals surface area contributed by atoms with Crippen molar-refractivity contribution in [3.63, 3.8) is 0 Å². The van der Waals surface area contributed by atoms with E-state index < -0.39 is 17.3 Å². The van der Waals surface area contributed by atoms with E-state index in [4.69, 9.17) is 0 Å². The van der Waals surface area contributed by atoms with E-state index in [2.05, 4.69) is 10.4 Å². The van der Waals surface area contributed by atoms with Gasteiger partial charge < -0.3 is 10.4 Å². The Kier molecular flexibility index (Phi) is 4.98. The molecule has 0 aromatic carbocycles. The monoisotopic (exact) mass is 279 g/mol. The maximum Gasteiger partial charge on any atom is 0.419 e. The van der Waals surface area contributed by atoms with Crippen LogP contribution in [0.3, 0.4) is 0 Å². The van der Waals surface area contributed by atoms with E-state index >= 15 is 0 Å². The molecule has 1 heterocycles. The van der Waals surface area contributed by atoms with Gasteiger partial charge in [-0.3, -0.25) is 4.68 Å². The van der Waals surface area contributed by atoms with Crippen molar-refractivity contribution in [3.05, 3.63) is 18.0 Å². The number of nitrogens with zero attached hydrogens (tertiary/aromatic N) is 2. The van der Waals surface area contributed by atoms with Gasteiger partial charge in [-0.25, -0.2) is 0 Å². The maximum atomic E-state index is 12.4. The Bertz CT molecular complexity index is 403.